The number of likely N-dealkylation sites (tertiary alicyclic amines) is 1. The van der Waals surface area contributed by atoms with Crippen LogP contribution in [0.5, 0.6) is 11.5 Å². The minimum absolute atomic E-state index is 0.206. The van der Waals surface area contributed by atoms with Crippen molar-refractivity contribution in [3.8, 4) is 11.5 Å². The third kappa shape index (κ3) is 7.42. The van der Waals surface area contributed by atoms with E-state index in [9.17, 15) is 19.2 Å². The van der Waals surface area contributed by atoms with Crippen molar-refractivity contribution >= 4 is 62.4 Å². The molecule has 0 saturated carbocycles. The quantitative estimate of drug-likeness (QED) is 0.406. The van der Waals surface area contributed by atoms with E-state index in [-0.39, 0.29) is 29.9 Å². The van der Waals surface area contributed by atoms with E-state index in [2.05, 4.69) is 21.2 Å². The predicted octanol–water partition coefficient (Wildman–Crippen LogP) is 5.22. The van der Waals surface area contributed by atoms with Gasteiger partial charge in [-0.15, -0.1) is 0 Å². The van der Waals surface area contributed by atoms with Gasteiger partial charge in [0, 0.05) is 23.2 Å². The first kappa shape index (κ1) is 28.7. The van der Waals surface area contributed by atoms with Crippen LogP contribution in [0.25, 0.3) is 6.08 Å². The first-order valence-electron chi connectivity index (χ1n) is 12.6. The number of thioether (sulfide) groups is 1. The lowest BCUT2D eigenvalue weighted by Crippen LogP contribution is -2.42. The largest absolute Gasteiger partial charge is 0.493 e. The summed E-state index contributed by atoms with van der Waals surface area (Å²) in [6.45, 7) is 2.77. The smallest absolute Gasteiger partial charge is 0.294 e. The van der Waals surface area contributed by atoms with Gasteiger partial charge in [0.25, 0.3) is 17.1 Å². The molecule has 2 aromatic rings. The number of anilines is 1. The van der Waals surface area contributed by atoms with Crippen LogP contribution in [0, 0.1) is 6.92 Å². The topological polar surface area (TPSA) is 105 Å². The highest BCUT2D eigenvalue weighted by Gasteiger charge is 2.37. The van der Waals surface area contributed by atoms with Crippen molar-refractivity contribution in [2.24, 2.45) is 0 Å². The Kier molecular flexibility index (Phi) is 9.68. The van der Waals surface area contributed by atoms with Gasteiger partial charge >= 0.3 is 0 Å². The lowest BCUT2D eigenvalue weighted by molar-refractivity contribution is -0.135. The molecule has 9 nitrogen and oxygen atoms in total. The van der Waals surface area contributed by atoms with Gasteiger partial charge in [0.2, 0.25) is 5.91 Å². The Balaban J connectivity index is 1.42. The van der Waals surface area contributed by atoms with E-state index in [4.69, 9.17) is 9.47 Å². The number of ether oxygens (including phenoxy) is 2. The number of nitrogens with zero attached hydrogens (tertiary/aromatic N) is 2. The average Bonchev–Trinajstić information content (AvgIpc) is 3.10. The Bertz CT molecular complexity index is 1290. The van der Waals surface area contributed by atoms with E-state index in [1.165, 1.54) is 7.11 Å². The minimum atomic E-state index is -0.507. The number of hydrogen-bond acceptors (Lipinski definition) is 7. The molecule has 0 bridgehead atoms. The summed E-state index contributed by atoms with van der Waals surface area (Å²) in [5.74, 6) is -0.368. The number of imide groups is 1. The predicted molar refractivity (Wildman–Crippen MR) is 154 cm³/mol. The molecule has 0 aromatic heterocycles. The summed E-state index contributed by atoms with van der Waals surface area (Å²) in [6.07, 6.45) is 5.59. The molecular formula is C28H30BrN3O6S. The first-order chi connectivity index (χ1) is 18.7. The number of carbonyl (C=O) groups is 4. The van der Waals surface area contributed by atoms with Gasteiger partial charge < -0.3 is 19.7 Å². The monoisotopic (exact) mass is 615 g/mol. The van der Waals surface area contributed by atoms with Crippen LogP contribution in [0.15, 0.2) is 45.8 Å². The van der Waals surface area contributed by atoms with E-state index >= 15 is 0 Å². The molecule has 4 amide bonds. The number of rotatable bonds is 8. The molecule has 2 aliphatic heterocycles. The average molecular weight is 617 g/mol. The Hall–Kier alpha value is -3.31. The molecular weight excluding hydrogens is 586 g/mol. The molecule has 0 radical (unpaired) electrons. The zero-order valence-corrected chi connectivity index (χ0v) is 24.2. The number of hydrogen-bond donors (Lipinski definition) is 1. The maximum atomic E-state index is 13.0. The van der Waals surface area contributed by atoms with Crippen molar-refractivity contribution in [2.45, 2.75) is 32.6 Å². The molecule has 0 unspecified atom stereocenters. The van der Waals surface area contributed by atoms with Gasteiger partial charge in [-0.05, 0) is 67.4 Å². The second kappa shape index (κ2) is 13.2. The van der Waals surface area contributed by atoms with E-state index in [1.54, 1.807) is 23.1 Å². The number of benzene rings is 2. The van der Waals surface area contributed by atoms with E-state index < -0.39 is 11.1 Å². The van der Waals surface area contributed by atoms with Crippen LogP contribution < -0.4 is 14.8 Å². The van der Waals surface area contributed by atoms with Crippen LogP contribution in [-0.2, 0) is 14.4 Å². The van der Waals surface area contributed by atoms with E-state index in [1.807, 2.05) is 31.2 Å². The Morgan fingerprint density at radius 2 is 1.74 bits per heavy atom. The molecule has 2 fully saturated rings. The van der Waals surface area contributed by atoms with Crippen LogP contribution in [-0.4, -0.2) is 66.1 Å². The molecule has 0 atom stereocenters. The van der Waals surface area contributed by atoms with Gasteiger partial charge in [-0.1, -0.05) is 46.5 Å². The van der Waals surface area contributed by atoms with Crippen molar-refractivity contribution in [3.05, 3.63) is 56.9 Å². The number of amides is 4. The van der Waals surface area contributed by atoms with Crippen molar-refractivity contribution in [3.63, 3.8) is 0 Å². The molecule has 2 aliphatic rings. The maximum Gasteiger partial charge on any atom is 0.294 e. The van der Waals surface area contributed by atoms with E-state index in [0.29, 0.717) is 40.3 Å². The Morgan fingerprint density at radius 1 is 1.05 bits per heavy atom. The van der Waals surface area contributed by atoms with Crippen LogP contribution in [0.1, 0.15) is 36.8 Å². The van der Waals surface area contributed by atoms with Crippen LogP contribution in [0.3, 0.4) is 0 Å². The summed E-state index contributed by atoms with van der Waals surface area (Å²) in [5.41, 5.74) is 2.33. The Morgan fingerprint density at radius 3 is 2.41 bits per heavy atom. The summed E-state index contributed by atoms with van der Waals surface area (Å²) in [6, 6.07) is 10.7. The van der Waals surface area contributed by atoms with Crippen LogP contribution in [0.4, 0.5) is 10.5 Å². The SMILES string of the molecule is COc1cc(C=C2SC(=O)N(CC(=O)N3CCCCCC3)C2=O)c(Br)cc1OCC(=O)Nc1ccc(C)cc1. The lowest BCUT2D eigenvalue weighted by Gasteiger charge is -2.22. The van der Waals surface area contributed by atoms with Gasteiger partial charge in [-0.3, -0.25) is 24.1 Å². The Labute approximate surface area is 240 Å². The molecule has 2 saturated heterocycles. The van der Waals surface area contributed by atoms with Crippen molar-refractivity contribution in [1.29, 1.82) is 0 Å². The van der Waals surface area contributed by atoms with Crippen molar-refractivity contribution in [1.82, 2.24) is 9.80 Å². The number of aryl methyl sites for hydroxylation is 1. The highest BCUT2D eigenvalue weighted by Crippen LogP contribution is 2.38. The molecule has 4 rings (SSSR count). The second-order valence-electron chi connectivity index (χ2n) is 9.29. The molecule has 2 aromatic carbocycles. The molecule has 2 heterocycles. The summed E-state index contributed by atoms with van der Waals surface area (Å²) in [4.78, 5) is 53.6. The zero-order chi connectivity index (χ0) is 27.9. The highest BCUT2D eigenvalue weighted by molar-refractivity contribution is 9.10. The summed E-state index contributed by atoms with van der Waals surface area (Å²) < 4.78 is 11.7. The fraction of sp³-hybridized carbons (Fsp3) is 0.357. The second-order valence-corrected chi connectivity index (χ2v) is 11.1. The molecule has 11 heteroatoms. The number of carbonyl (C=O) groups excluding carboxylic acids is 4. The lowest BCUT2D eigenvalue weighted by atomic mass is 10.2. The van der Waals surface area contributed by atoms with Gasteiger partial charge in [-0.25, -0.2) is 0 Å². The highest BCUT2D eigenvalue weighted by atomic mass is 79.9. The summed E-state index contributed by atoms with van der Waals surface area (Å²) in [5, 5.41) is 2.30. The molecule has 206 valence electrons. The molecule has 0 aliphatic carbocycles. The van der Waals surface area contributed by atoms with Crippen molar-refractivity contribution in [2.75, 3.05) is 38.7 Å². The third-order valence-electron chi connectivity index (χ3n) is 6.39. The fourth-order valence-corrected chi connectivity index (χ4v) is 5.51. The minimum Gasteiger partial charge on any atom is -0.493 e. The molecule has 39 heavy (non-hydrogen) atoms. The van der Waals surface area contributed by atoms with Crippen molar-refractivity contribution < 1.29 is 28.7 Å². The normalized spacial score (nSPS) is 16.8. The first-order valence-corrected chi connectivity index (χ1v) is 14.3. The molecule has 1 N–H and O–H groups in total. The number of nitrogens with one attached hydrogen (secondary N) is 1. The van der Waals surface area contributed by atoms with Crippen LogP contribution >= 0.6 is 27.7 Å². The number of methoxy groups -OCH3 is 1. The number of halogens is 1. The van der Waals surface area contributed by atoms with Gasteiger partial charge in [0.15, 0.2) is 18.1 Å². The van der Waals surface area contributed by atoms with Gasteiger partial charge in [-0.2, -0.15) is 0 Å². The summed E-state index contributed by atoms with van der Waals surface area (Å²) >= 11 is 4.27. The standard InChI is InChI=1S/C28H30BrN3O6S/c1-18-7-9-20(10-8-18)30-25(33)17-38-23-15-21(29)19(13-22(23)37-2)14-24-27(35)32(28(36)39-24)16-26(34)31-11-5-3-4-6-12-31/h7-10,13-15H,3-6,11-12,16-17H2,1-2H3,(H,30,33). The third-order valence-corrected chi connectivity index (χ3v) is 7.98. The fourth-order valence-electron chi connectivity index (χ4n) is 4.24. The van der Waals surface area contributed by atoms with Gasteiger partial charge in [0.1, 0.15) is 6.54 Å². The zero-order valence-electron chi connectivity index (χ0n) is 21.8. The van der Waals surface area contributed by atoms with E-state index in [0.717, 1.165) is 47.9 Å². The van der Waals surface area contributed by atoms with Crippen LogP contribution in [0.2, 0.25) is 0 Å². The molecule has 0 spiro atoms. The summed E-state index contributed by atoms with van der Waals surface area (Å²) in [7, 11) is 1.47. The maximum absolute atomic E-state index is 13.0. The van der Waals surface area contributed by atoms with Gasteiger partial charge in [0.05, 0.1) is 12.0 Å².